The van der Waals surface area contributed by atoms with Crippen molar-refractivity contribution < 1.29 is 13.2 Å². The Morgan fingerprint density at radius 2 is 1.90 bits per heavy atom. The summed E-state index contributed by atoms with van der Waals surface area (Å²) < 4.78 is 32.3. The molecule has 112 valence electrons. The monoisotopic (exact) mass is 326 g/mol. The van der Waals surface area contributed by atoms with E-state index in [0.717, 1.165) is 0 Å². The second-order valence-electron chi connectivity index (χ2n) is 4.47. The van der Waals surface area contributed by atoms with Crippen molar-refractivity contribution >= 4 is 33.0 Å². The lowest BCUT2D eigenvalue weighted by Crippen LogP contribution is -2.14. The highest BCUT2D eigenvalue weighted by molar-refractivity contribution is 7.92. The summed E-state index contributed by atoms with van der Waals surface area (Å²) in [5, 5.41) is 0.357. The molecule has 0 fully saturated rings. The molecule has 0 heterocycles. The van der Waals surface area contributed by atoms with Crippen LogP contribution in [0.4, 0.5) is 11.4 Å². The fourth-order valence-corrected chi connectivity index (χ4v) is 3.43. The number of ether oxygens (including phenoxy) is 1. The van der Waals surface area contributed by atoms with E-state index in [-0.39, 0.29) is 4.90 Å². The average molecular weight is 327 g/mol. The molecule has 0 radical (unpaired) electrons. The van der Waals surface area contributed by atoms with Gasteiger partial charge in [-0.25, -0.2) is 8.42 Å². The predicted octanol–water partition coefficient (Wildman–Crippen LogP) is 3.04. The van der Waals surface area contributed by atoms with Crippen molar-refractivity contribution in [2.24, 2.45) is 0 Å². The van der Waals surface area contributed by atoms with Crippen molar-refractivity contribution in [2.45, 2.75) is 11.8 Å². The van der Waals surface area contributed by atoms with Crippen LogP contribution in [0.2, 0.25) is 5.02 Å². The number of hydrogen-bond donors (Lipinski definition) is 2. The lowest BCUT2D eigenvalue weighted by Gasteiger charge is -2.12. The molecule has 21 heavy (non-hydrogen) atoms. The number of aryl methyl sites for hydroxylation is 1. The van der Waals surface area contributed by atoms with E-state index in [0.29, 0.717) is 27.7 Å². The first-order chi connectivity index (χ1) is 9.83. The maximum atomic E-state index is 12.4. The number of nitrogens with one attached hydrogen (secondary N) is 1. The van der Waals surface area contributed by atoms with Crippen LogP contribution in [0.1, 0.15) is 5.56 Å². The highest BCUT2D eigenvalue weighted by atomic mass is 35.5. The standard InChI is InChI=1S/C14H15ClN2O3S/c1-9-3-4-10(15)7-14(9)21(18,19)17-11-5-6-13(20-2)12(16)8-11/h3-8,17H,16H2,1-2H3. The minimum absolute atomic E-state index is 0.129. The molecule has 5 nitrogen and oxygen atoms in total. The van der Waals surface area contributed by atoms with Crippen LogP contribution < -0.4 is 15.2 Å². The van der Waals surface area contributed by atoms with Gasteiger partial charge in [0.1, 0.15) is 5.75 Å². The van der Waals surface area contributed by atoms with Crippen molar-refractivity contribution in [3.05, 3.63) is 47.0 Å². The Kier molecular flexibility index (Phi) is 4.29. The minimum Gasteiger partial charge on any atom is -0.495 e. The van der Waals surface area contributed by atoms with Gasteiger partial charge in [0, 0.05) is 5.02 Å². The molecule has 2 aromatic carbocycles. The van der Waals surface area contributed by atoms with Gasteiger partial charge in [-0.05, 0) is 42.8 Å². The fourth-order valence-electron chi connectivity index (χ4n) is 1.87. The van der Waals surface area contributed by atoms with Crippen LogP contribution in [0, 0.1) is 6.92 Å². The zero-order valence-corrected chi connectivity index (χ0v) is 13.1. The smallest absolute Gasteiger partial charge is 0.262 e. The summed E-state index contributed by atoms with van der Waals surface area (Å²) in [6.07, 6.45) is 0. The van der Waals surface area contributed by atoms with Crippen LogP contribution in [0.3, 0.4) is 0 Å². The van der Waals surface area contributed by atoms with Gasteiger partial charge >= 0.3 is 0 Å². The number of methoxy groups -OCH3 is 1. The number of halogens is 1. The van der Waals surface area contributed by atoms with Gasteiger partial charge in [-0.2, -0.15) is 0 Å². The summed E-state index contributed by atoms with van der Waals surface area (Å²) in [5.74, 6) is 0.483. The summed E-state index contributed by atoms with van der Waals surface area (Å²) in [7, 11) is -2.24. The summed E-state index contributed by atoms with van der Waals surface area (Å²) in [4.78, 5) is 0.129. The Hall–Kier alpha value is -1.92. The number of rotatable bonds is 4. The number of benzene rings is 2. The number of nitrogens with two attached hydrogens (primary N) is 1. The molecule has 0 saturated carbocycles. The zero-order valence-electron chi connectivity index (χ0n) is 11.6. The molecule has 3 N–H and O–H groups in total. The second kappa shape index (κ2) is 5.83. The number of anilines is 2. The molecule has 0 spiro atoms. The molecule has 0 aliphatic heterocycles. The number of sulfonamides is 1. The van der Waals surface area contributed by atoms with Crippen LogP contribution in [0.25, 0.3) is 0 Å². The third-order valence-electron chi connectivity index (χ3n) is 2.92. The van der Waals surface area contributed by atoms with Gasteiger partial charge in [-0.3, -0.25) is 4.72 Å². The third-order valence-corrected chi connectivity index (χ3v) is 4.68. The zero-order chi connectivity index (χ0) is 15.6. The largest absolute Gasteiger partial charge is 0.495 e. The molecule has 0 atom stereocenters. The topological polar surface area (TPSA) is 81.4 Å². The van der Waals surface area contributed by atoms with Gasteiger partial charge in [0.15, 0.2) is 0 Å². The Balaban J connectivity index is 2.37. The van der Waals surface area contributed by atoms with E-state index >= 15 is 0 Å². The molecule has 0 aliphatic carbocycles. The van der Waals surface area contributed by atoms with Crippen molar-refractivity contribution in [1.29, 1.82) is 0 Å². The Labute approximate surface area is 128 Å². The summed E-state index contributed by atoms with van der Waals surface area (Å²) >= 11 is 5.86. The summed E-state index contributed by atoms with van der Waals surface area (Å²) in [5.41, 5.74) is 7.07. The molecule has 0 unspecified atom stereocenters. The quantitative estimate of drug-likeness (QED) is 0.846. The van der Waals surface area contributed by atoms with Gasteiger partial charge < -0.3 is 10.5 Å². The van der Waals surface area contributed by atoms with E-state index in [1.54, 1.807) is 31.2 Å². The lowest BCUT2D eigenvalue weighted by molar-refractivity contribution is 0.417. The Morgan fingerprint density at radius 3 is 2.52 bits per heavy atom. The molecule has 7 heteroatoms. The number of nitrogen functional groups attached to an aromatic ring is 1. The lowest BCUT2D eigenvalue weighted by atomic mass is 10.2. The van der Waals surface area contributed by atoms with Crippen LogP contribution in [0.5, 0.6) is 5.75 Å². The van der Waals surface area contributed by atoms with Crippen molar-refractivity contribution in [3.63, 3.8) is 0 Å². The van der Waals surface area contributed by atoms with Crippen LogP contribution in [-0.4, -0.2) is 15.5 Å². The van der Waals surface area contributed by atoms with Gasteiger partial charge in [-0.1, -0.05) is 17.7 Å². The highest BCUT2D eigenvalue weighted by Gasteiger charge is 2.18. The molecular weight excluding hydrogens is 312 g/mol. The van der Waals surface area contributed by atoms with Crippen LogP contribution in [0.15, 0.2) is 41.3 Å². The van der Waals surface area contributed by atoms with E-state index in [1.165, 1.54) is 19.2 Å². The van der Waals surface area contributed by atoms with Crippen molar-refractivity contribution in [3.8, 4) is 5.75 Å². The molecular formula is C14H15ClN2O3S. The maximum Gasteiger partial charge on any atom is 0.262 e. The van der Waals surface area contributed by atoms with Crippen LogP contribution in [-0.2, 0) is 10.0 Å². The fraction of sp³-hybridized carbons (Fsp3) is 0.143. The van der Waals surface area contributed by atoms with E-state index in [4.69, 9.17) is 22.1 Å². The first-order valence-electron chi connectivity index (χ1n) is 6.06. The average Bonchev–Trinajstić information content (AvgIpc) is 2.41. The van der Waals surface area contributed by atoms with Gasteiger partial charge in [0.25, 0.3) is 10.0 Å². The molecule has 0 aliphatic rings. The van der Waals surface area contributed by atoms with Gasteiger partial charge in [0.05, 0.1) is 23.4 Å². The molecule has 0 aromatic heterocycles. The number of hydrogen-bond acceptors (Lipinski definition) is 4. The first-order valence-corrected chi connectivity index (χ1v) is 7.92. The molecule has 0 saturated heterocycles. The first kappa shape index (κ1) is 15.5. The second-order valence-corrected chi connectivity index (χ2v) is 6.56. The van der Waals surface area contributed by atoms with Crippen molar-refractivity contribution in [1.82, 2.24) is 0 Å². The van der Waals surface area contributed by atoms with E-state index in [9.17, 15) is 8.42 Å². The normalized spacial score (nSPS) is 11.2. The van der Waals surface area contributed by atoms with E-state index in [1.807, 2.05) is 0 Å². The van der Waals surface area contributed by atoms with Crippen LogP contribution >= 0.6 is 11.6 Å². The Morgan fingerprint density at radius 1 is 1.19 bits per heavy atom. The highest BCUT2D eigenvalue weighted by Crippen LogP contribution is 2.27. The SMILES string of the molecule is COc1ccc(NS(=O)(=O)c2cc(Cl)ccc2C)cc1N. The maximum absolute atomic E-state index is 12.4. The van der Waals surface area contributed by atoms with E-state index in [2.05, 4.69) is 4.72 Å². The van der Waals surface area contributed by atoms with E-state index < -0.39 is 10.0 Å². The summed E-state index contributed by atoms with van der Waals surface area (Å²) in [6, 6.07) is 9.37. The van der Waals surface area contributed by atoms with Gasteiger partial charge in [-0.15, -0.1) is 0 Å². The predicted molar refractivity (Wildman–Crippen MR) is 84.4 cm³/mol. The Bertz CT molecular complexity index is 776. The van der Waals surface area contributed by atoms with Crippen molar-refractivity contribution in [2.75, 3.05) is 17.6 Å². The molecule has 2 rings (SSSR count). The molecule has 0 bridgehead atoms. The van der Waals surface area contributed by atoms with Gasteiger partial charge in [0.2, 0.25) is 0 Å². The summed E-state index contributed by atoms with van der Waals surface area (Å²) in [6.45, 7) is 1.70. The molecule has 0 amide bonds. The molecule has 2 aromatic rings. The minimum atomic E-state index is -3.73. The third kappa shape index (κ3) is 3.40.